The van der Waals surface area contributed by atoms with Gasteiger partial charge in [0.2, 0.25) is 0 Å². The first-order valence-electron chi connectivity index (χ1n) is 28.1. The zero-order valence-electron chi connectivity index (χ0n) is 44.1. The Morgan fingerprint density at radius 3 is 0.912 bits per heavy atom. The average molecular weight is 942 g/mol. The summed E-state index contributed by atoms with van der Waals surface area (Å²) in [7, 11) is 0. The van der Waals surface area contributed by atoms with Crippen LogP contribution in [0, 0.1) is 0 Å². The maximum Gasteiger partial charge on any atom is 0.306 e. The van der Waals surface area contributed by atoms with Gasteiger partial charge in [0.15, 0.2) is 6.10 Å². The second-order valence-corrected chi connectivity index (χ2v) is 18.2. The van der Waals surface area contributed by atoms with Crippen molar-refractivity contribution in [2.24, 2.45) is 0 Å². The second kappa shape index (κ2) is 57.6. The van der Waals surface area contributed by atoms with Gasteiger partial charge >= 0.3 is 11.9 Å². The van der Waals surface area contributed by atoms with E-state index in [0.29, 0.717) is 12.8 Å². The van der Waals surface area contributed by atoms with E-state index < -0.39 is 6.10 Å². The van der Waals surface area contributed by atoms with Crippen LogP contribution in [0.2, 0.25) is 0 Å². The van der Waals surface area contributed by atoms with Crippen LogP contribution in [0.4, 0.5) is 0 Å². The molecule has 0 bridgehead atoms. The van der Waals surface area contributed by atoms with E-state index in [0.717, 1.165) is 103 Å². The highest BCUT2D eigenvalue weighted by Crippen LogP contribution is 2.16. The number of carbonyl (C=O) groups is 2. The zero-order valence-corrected chi connectivity index (χ0v) is 44.1. The Morgan fingerprint density at radius 2 is 0.588 bits per heavy atom. The number of unbranched alkanes of at least 4 members (excludes halogenated alkanes) is 22. The van der Waals surface area contributed by atoms with Gasteiger partial charge in [0, 0.05) is 12.8 Å². The van der Waals surface area contributed by atoms with E-state index in [4.69, 9.17) is 9.47 Å². The molecule has 0 aromatic heterocycles. The summed E-state index contributed by atoms with van der Waals surface area (Å²) in [5, 5.41) is 9.62. The van der Waals surface area contributed by atoms with E-state index in [2.05, 4.69) is 135 Å². The third-order valence-corrected chi connectivity index (χ3v) is 11.8. The average Bonchev–Trinajstić information content (AvgIpc) is 3.34. The number of allylic oxidation sites excluding steroid dienone is 20. The number of aliphatic hydroxyl groups is 1. The smallest absolute Gasteiger partial charge is 0.306 e. The van der Waals surface area contributed by atoms with E-state index in [1.807, 2.05) is 0 Å². The first-order chi connectivity index (χ1) is 33.6. The van der Waals surface area contributed by atoms with Crippen LogP contribution in [0.25, 0.3) is 0 Å². The van der Waals surface area contributed by atoms with Crippen molar-refractivity contribution in [3.63, 3.8) is 0 Å². The van der Waals surface area contributed by atoms with E-state index in [1.54, 1.807) is 0 Å². The van der Waals surface area contributed by atoms with Gasteiger partial charge in [-0.15, -0.1) is 0 Å². The molecule has 386 valence electrons. The fourth-order valence-corrected chi connectivity index (χ4v) is 7.61. The lowest BCUT2D eigenvalue weighted by atomic mass is 10.0. The minimum Gasteiger partial charge on any atom is -0.462 e. The summed E-state index contributed by atoms with van der Waals surface area (Å²) in [5.41, 5.74) is 0. The monoisotopic (exact) mass is 941 g/mol. The molecule has 0 saturated carbocycles. The zero-order chi connectivity index (χ0) is 49.2. The highest BCUT2D eigenvalue weighted by atomic mass is 16.6. The number of carbonyl (C=O) groups excluding carboxylic acids is 2. The van der Waals surface area contributed by atoms with Crippen molar-refractivity contribution in [1.29, 1.82) is 0 Å². The number of rotatable bonds is 50. The van der Waals surface area contributed by atoms with Crippen LogP contribution in [0.3, 0.4) is 0 Å². The van der Waals surface area contributed by atoms with E-state index in [-0.39, 0.29) is 25.2 Å². The van der Waals surface area contributed by atoms with Crippen LogP contribution in [0.5, 0.6) is 0 Å². The minimum absolute atomic E-state index is 0.0909. The Kier molecular flexibility index (Phi) is 54.5. The lowest BCUT2D eigenvalue weighted by Crippen LogP contribution is -2.28. The third kappa shape index (κ3) is 54.9. The molecule has 0 spiro atoms. The van der Waals surface area contributed by atoms with Crippen molar-refractivity contribution < 1.29 is 24.2 Å². The fraction of sp³-hybridized carbons (Fsp3) is 0.651. The van der Waals surface area contributed by atoms with Gasteiger partial charge < -0.3 is 14.6 Å². The van der Waals surface area contributed by atoms with Gasteiger partial charge in [-0.1, -0.05) is 251 Å². The predicted molar refractivity (Wildman–Crippen MR) is 297 cm³/mol. The summed E-state index contributed by atoms with van der Waals surface area (Å²) >= 11 is 0. The Balaban J connectivity index is 3.48. The van der Waals surface area contributed by atoms with Crippen molar-refractivity contribution in [2.75, 3.05) is 13.2 Å². The van der Waals surface area contributed by atoms with Gasteiger partial charge in [0.25, 0.3) is 0 Å². The van der Waals surface area contributed by atoms with Gasteiger partial charge in [-0.2, -0.15) is 0 Å². The number of ether oxygens (including phenoxy) is 2. The standard InChI is InChI=1S/C63H104O5/c1-3-5-7-9-11-13-15-17-19-20-21-22-23-24-25-26-27-28-29-30-31-32-33-34-35-36-37-38-39-40-41-42-44-46-48-50-52-54-56-58-63(66)68-61(59-64)60-67-62(65)57-55-53-51-49-47-45-43-18-16-14-12-10-8-6-4-2/h5-8,11-14,17-19,21-22,24-25,27-28,43,47,49,61,64H,3-4,9-10,15-16,20,23,26,29-42,44-46,48,50-60H2,1-2H3/b7-5-,8-6-,13-11-,14-12-,19-17-,22-21-,25-24-,28-27-,43-18-,49-47-. The predicted octanol–water partition coefficient (Wildman–Crippen LogP) is 19.1. The molecule has 0 aromatic rings. The molecule has 0 aliphatic carbocycles. The molecule has 1 unspecified atom stereocenters. The van der Waals surface area contributed by atoms with Crippen molar-refractivity contribution in [2.45, 2.75) is 251 Å². The van der Waals surface area contributed by atoms with Gasteiger partial charge in [0.05, 0.1) is 6.61 Å². The molecule has 5 heteroatoms. The van der Waals surface area contributed by atoms with Crippen LogP contribution >= 0.6 is 0 Å². The molecule has 0 rings (SSSR count). The topological polar surface area (TPSA) is 72.8 Å². The summed E-state index contributed by atoms with van der Waals surface area (Å²) < 4.78 is 10.6. The molecule has 0 aromatic carbocycles. The molecule has 68 heavy (non-hydrogen) atoms. The van der Waals surface area contributed by atoms with Crippen LogP contribution in [0.15, 0.2) is 122 Å². The molecule has 0 heterocycles. The molecular weight excluding hydrogens is 837 g/mol. The summed E-state index contributed by atoms with van der Waals surface area (Å²) in [4.78, 5) is 24.4. The number of esters is 2. The fourth-order valence-electron chi connectivity index (χ4n) is 7.61. The van der Waals surface area contributed by atoms with Crippen molar-refractivity contribution in [3.8, 4) is 0 Å². The van der Waals surface area contributed by atoms with Crippen LogP contribution < -0.4 is 0 Å². The van der Waals surface area contributed by atoms with E-state index >= 15 is 0 Å². The minimum atomic E-state index is -0.794. The Labute approximate surface area is 420 Å². The third-order valence-electron chi connectivity index (χ3n) is 11.8. The SMILES string of the molecule is CC/C=C\C/C=C\C/C=C\C/C=C\C/C=C\C/C=C\CCCCCCCCCCCCCCCCCCCCCCC(=O)OC(CO)COC(=O)CCCC/C=C\C/C=C\C/C=C\C/C=C\CC. The first-order valence-corrected chi connectivity index (χ1v) is 28.1. The number of aliphatic hydroxyl groups excluding tert-OH is 1. The lowest BCUT2D eigenvalue weighted by Gasteiger charge is -2.15. The quantitative estimate of drug-likeness (QED) is 0.0374. The number of hydrogen-bond acceptors (Lipinski definition) is 5. The van der Waals surface area contributed by atoms with Gasteiger partial charge in [-0.25, -0.2) is 0 Å². The molecule has 1 N–H and O–H groups in total. The van der Waals surface area contributed by atoms with Gasteiger partial charge in [-0.05, 0) is 103 Å². The normalized spacial score (nSPS) is 13.2. The van der Waals surface area contributed by atoms with Gasteiger partial charge in [-0.3, -0.25) is 9.59 Å². The molecule has 5 nitrogen and oxygen atoms in total. The molecule has 0 amide bonds. The number of hydrogen-bond donors (Lipinski definition) is 1. The summed E-state index contributed by atoms with van der Waals surface area (Å²) in [5.74, 6) is -0.639. The van der Waals surface area contributed by atoms with Crippen molar-refractivity contribution in [1.82, 2.24) is 0 Å². The van der Waals surface area contributed by atoms with E-state index in [9.17, 15) is 14.7 Å². The van der Waals surface area contributed by atoms with Crippen molar-refractivity contribution in [3.05, 3.63) is 122 Å². The summed E-state index contributed by atoms with van der Waals surface area (Å²) in [6.45, 7) is 3.88. The molecular formula is C63H104O5. The maximum absolute atomic E-state index is 12.3. The van der Waals surface area contributed by atoms with Crippen LogP contribution in [0.1, 0.15) is 245 Å². The lowest BCUT2D eigenvalue weighted by molar-refractivity contribution is -0.161. The Hall–Kier alpha value is -3.70. The molecule has 1 atom stereocenters. The Bertz CT molecular complexity index is 1390. The van der Waals surface area contributed by atoms with Gasteiger partial charge in [0.1, 0.15) is 6.61 Å². The largest absolute Gasteiger partial charge is 0.462 e. The van der Waals surface area contributed by atoms with E-state index in [1.165, 1.54) is 116 Å². The molecule has 0 aliphatic rings. The molecule has 0 saturated heterocycles. The summed E-state index contributed by atoms with van der Waals surface area (Å²) in [6.07, 6.45) is 84.8. The first kappa shape index (κ1) is 64.3. The maximum atomic E-state index is 12.3. The van der Waals surface area contributed by atoms with Crippen LogP contribution in [-0.2, 0) is 19.1 Å². The van der Waals surface area contributed by atoms with Crippen LogP contribution in [-0.4, -0.2) is 36.4 Å². The highest BCUT2D eigenvalue weighted by molar-refractivity contribution is 5.70. The highest BCUT2D eigenvalue weighted by Gasteiger charge is 2.16. The summed E-state index contributed by atoms with van der Waals surface area (Å²) in [6, 6.07) is 0. The molecule has 0 fully saturated rings. The second-order valence-electron chi connectivity index (χ2n) is 18.2. The molecule has 0 radical (unpaired) electrons. The molecule has 0 aliphatic heterocycles. The van der Waals surface area contributed by atoms with Crippen molar-refractivity contribution >= 4 is 11.9 Å². The Morgan fingerprint density at radius 1 is 0.338 bits per heavy atom.